The van der Waals surface area contributed by atoms with Crippen molar-refractivity contribution < 1.29 is 4.79 Å². The molecule has 5 N–H and O–H groups in total. The summed E-state index contributed by atoms with van der Waals surface area (Å²) < 4.78 is 0. The number of nitrogens with one attached hydrogen (secondary N) is 1. The number of primary amides is 1. The topological polar surface area (TPSA) is 84.4 Å². The number of hydrogen-bond donors (Lipinski definition) is 3. The van der Waals surface area contributed by atoms with Gasteiger partial charge in [0, 0.05) is 18.6 Å². The fraction of sp³-hybridized carbons (Fsp3) is 0.533. The van der Waals surface area contributed by atoms with E-state index in [-0.39, 0.29) is 0 Å². The summed E-state index contributed by atoms with van der Waals surface area (Å²) in [6, 6.07) is 6.35. The number of carbonyl (C=O) groups is 1. The molecule has 0 aliphatic carbocycles. The molecule has 2 aliphatic heterocycles. The summed E-state index contributed by atoms with van der Waals surface area (Å²) in [6.07, 6.45) is 4.79. The summed E-state index contributed by atoms with van der Waals surface area (Å²) in [5, 5.41) is 3.46. The fourth-order valence-electron chi connectivity index (χ4n) is 3.50. The molecular formula is C15H22N4O. The van der Waals surface area contributed by atoms with E-state index in [9.17, 15) is 4.79 Å². The quantitative estimate of drug-likeness (QED) is 0.728. The van der Waals surface area contributed by atoms with E-state index in [1.807, 2.05) is 0 Å². The Hall–Kier alpha value is -1.75. The number of fused-ring (bicyclic) bond motifs is 1. The third-order valence-corrected chi connectivity index (χ3v) is 4.53. The molecule has 2 fully saturated rings. The van der Waals surface area contributed by atoms with Crippen molar-refractivity contribution in [3.05, 3.63) is 23.8 Å². The monoisotopic (exact) mass is 274 g/mol. The molecule has 0 saturated carbocycles. The first-order chi connectivity index (χ1) is 9.65. The minimum atomic E-state index is -0.432. The molecule has 1 amide bonds. The van der Waals surface area contributed by atoms with Crippen molar-refractivity contribution in [3.8, 4) is 0 Å². The smallest absolute Gasteiger partial charge is 0.250 e. The molecule has 2 unspecified atom stereocenters. The van der Waals surface area contributed by atoms with Crippen molar-refractivity contribution in [2.45, 2.75) is 37.8 Å². The molecule has 2 saturated heterocycles. The van der Waals surface area contributed by atoms with Crippen molar-refractivity contribution in [1.29, 1.82) is 0 Å². The molecule has 2 heterocycles. The molecule has 2 aliphatic rings. The number of piperidine rings is 1. The predicted octanol–water partition coefficient (Wildman–Crippen LogP) is 1.41. The van der Waals surface area contributed by atoms with Gasteiger partial charge in [-0.05, 0) is 44.4 Å². The fourth-order valence-corrected chi connectivity index (χ4v) is 3.50. The molecule has 0 bridgehead atoms. The molecule has 108 valence electrons. The lowest BCUT2D eigenvalue weighted by molar-refractivity contribution is 0.100. The Morgan fingerprint density at radius 3 is 2.95 bits per heavy atom. The van der Waals surface area contributed by atoms with E-state index in [1.165, 1.54) is 19.4 Å². The number of nitrogen functional groups attached to an aromatic ring is 1. The molecular weight excluding hydrogens is 252 g/mol. The first-order valence-corrected chi connectivity index (χ1v) is 7.34. The van der Waals surface area contributed by atoms with Crippen molar-refractivity contribution in [2.75, 3.05) is 24.1 Å². The second kappa shape index (κ2) is 5.32. The van der Waals surface area contributed by atoms with Crippen LogP contribution in [0.4, 0.5) is 11.4 Å². The van der Waals surface area contributed by atoms with E-state index in [1.54, 1.807) is 18.2 Å². The Kier molecular flexibility index (Phi) is 3.53. The number of amides is 1. The van der Waals surface area contributed by atoms with Gasteiger partial charge in [-0.25, -0.2) is 0 Å². The number of nitrogens with zero attached hydrogens (tertiary/aromatic N) is 1. The molecule has 0 aromatic heterocycles. The zero-order valence-corrected chi connectivity index (χ0v) is 11.6. The Morgan fingerprint density at radius 2 is 2.15 bits per heavy atom. The summed E-state index contributed by atoms with van der Waals surface area (Å²) in [5.41, 5.74) is 13.2. The molecule has 0 radical (unpaired) electrons. The maximum Gasteiger partial charge on any atom is 0.250 e. The van der Waals surface area contributed by atoms with Gasteiger partial charge in [0.2, 0.25) is 0 Å². The van der Waals surface area contributed by atoms with Crippen LogP contribution in [0.1, 0.15) is 36.0 Å². The van der Waals surface area contributed by atoms with E-state index in [0.29, 0.717) is 29.0 Å². The van der Waals surface area contributed by atoms with Crippen LogP contribution in [0.5, 0.6) is 0 Å². The Morgan fingerprint density at radius 1 is 1.30 bits per heavy atom. The third kappa shape index (κ3) is 2.45. The third-order valence-electron chi connectivity index (χ3n) is 4.53. The second-order valence-electron chi connectivity index (χ2n) is 5.83. The van der Waals surface area contributed by atoms with Gasteiger partial charge in [0.25, 0.3) is 5.91 Å². The molecule has 0 spiro atoms. The average molecular weight is 274 g/mol. The van der Waals surface area contributed by atoms with E-state index in [0.717, 1.165) is 19.4 Å². The average Bonchev–Trinajstić information content (AvgIpc) is 2.88. The van der Waals surface area contributed by atoms with Crippen LogP contribution in [0.3, 0.4) is 0 Å². The summed E-state index contributed by atoms with van der Waals surface area (Å²) in [5.74, 6) is -0.432. The Labute approximate surface area is 119 Å². The molecule has 3 rings (SSSR count). The SMILES string of the molecule is NC(=O)c1cccc(N)c1NC1CCN2CCCC2C1. The van der Waals surface area contributed by atoms with Crippen LogP contribution in [0, 0.1) is 0 Å². The molecule has 5 nitrogen and oxygen atoms in total. The van der Waals surface area contributed by atoms with Gasteiger partial charge in [-0.3, -0.25) is 4.79 Å². The van der Waals surface area contributed by atoms with Crippen LogP contribution >= 0.6 is 0 Å². The Balaban J connectivity index is 1.76. The van der Waals surface area contributed by atoms with Gasteiger partial charge >= 0.3 is 0 Å². The molecule has 5 heteroatoms. The molecule has 20 heavy (non-hydrogen) atoms. The Bertz CT molecular complexity index is 517. The first-order valence-electron chi connectivity index (χ1n) is 7.34. The summed E-state index contributed by atoms with van der Waals surface area (Å²) >= 11 is 0. The van der Waals surface area contributed by atoms with Crippen LogP contribution in [0.2, 0.25) is 0 Å². The number of nitrogens with two attached hydrogens (primary N) is 2. The van der Waals surface area contributed by atoms with Gasteiger partial charge in [-0.2, -0.15) is 0 Å². The van der Waals surface area contributed by atoms with Crippen LogP contribution in [-0.2, 0) is 0 Å². The minimum Gasteiger partial charge on any atom is -0.397 e. The van der Waals surface area contributed by atoms with Crippen molar-refractivity contribution in [1.82, 2.24) is 4.90 Å². The van der Waals surface area contributed by atoms with Crippen LogP contribution in [0.15, 0.2) is 18.2 Å². The lowest BCUT2D eigenvalue weighted by Gasteiger charge is -2.36. The molecule has 1 aromatic rings. The van der Waals surface area contributed by atoms with E-state index >= 15 is 0 Å². The molecule has 2 atom stereocenters. The number of benzene rings is 1. The van der Waals surface area contributed by atoms with Gasteiger partial charge in [0.05, 0.1) is 16.9 Å². The highest BCUT2D eigenvalue weighted by atomic mass is 16.1. The second-order valence-corrected chi connectivity index (χ2v) is 5.83. The van der Waals surface area contributed by atoms with Crippen LogP contribution in [0.25, 0.3) is 0 Å². The van der Waals surface area contributed by atoms with Gasteiger partial charge in [-0.1, -0.05) is 6.07 Å². The lowest BCUT2D eigenvalue weighted by atomic mass is 9.96. The van der Waals surface area contributed by atoms with Crippen molar-refractivity contribution >= 4 is 17.3 Å². The van der Waals surface area contributed by atoms with E-state index < -0.39 is 5.91 Å². The number of para-hydroxylation sites is 1. The lowest BCUT2D eigenvalue weighted by Crippen LogP contribution is -2.43. The summed E-state index contributed by atoms with van der Waals surface area (Å²) in [6.45, 7) is 2.36. The van der Waals surface area contributed by atoms with E-state index in [2.05, 4.69) is 10.2 Å². The van der Waals surface area contributed by atoms with Gasteiger partial charge in [0.15, 0.2) is 0 Å². The van der Waals surface area contributed by atoms with Crippen LogP contribution < -0.4 is 16.8 Å². The highest BCUT2D eigenvalue weighted by Gasteiger charge is 2.32. The molecule has 1 aromatic carbocycles. The standard InChI is InChI=1S/C15H22N4O/c16-13-5-1-4-12(15(17)20)14(13)18-10-6-8-19-7-2-3-11(19)9-10/h1,4-5,10-11,18H,2-3,6-9,16H2,(H2,17,20). The largest absolute Gasteiger partial charge is 0.397 e. The van der Waals surface area contributed by atoms with Crippen molar-refractivity contribution in [3.63, 3.8) is 0 Å². The van der Waals surface area contributed by atoms with Crippen molar-refractivity contribution in [2.24, 2.45) is 5.73 Å². The number of rotatable bonds is 3. The number of anilines is 2. The summed E-state index contributed by atoms with van der Waals surface area (Å²) in [4.78, 5) is 14.1. The first kappa shape index (κ1) is 13.2. The predicted molar refractivity (Wildman–Crippen MR) is 80.6 cm³/mol. The van der Waals surface area contributed by atoms with Gasteiger partial charge in [-0.15, -0.1) is 0 Å². The zero-order chi connectivity index (χ0) is 14.1. The number of hydrogen-bond acceptors (Lipinski definition) is 4. The highest BCUT2D eigenvalue weighted by Crippen LogP contribution is 2.31. The number of carbonyl (C=O) groups excluding carboxylic acids is 1. The summed E-state index contributed by atoms with van der Waals surface area (Å²) in [7, 11) is 0. The highest BCUT2D eigenvalue weighted by molar-refractivity contribution is 6.01. The normalized spacial score (nSPS) is 26.2. The van der Waals surface area contributed by atoms with Gasteiger partial charge < -0.3 is 21.7 Å². The van der Waals surface area contributed by atoms with E-state index in [4.69, 9.17) is 11.5 Å². The zero-order valence-electron chi connectivity index (χ0n) is 11.6. The van der Waals surface area contributed by atoms with Gasteiger partial charge in [0.1, 0.15) is 0 Å². The maximum absolute atomic E-state index is 11.5. The maximum atomic E-state index is 11.5. The van der Waals surface area contributed by atoms with Crippen LogP contribution in [-0.4, -0.2) is 36.0 Å². The minimum absolute atomic E-state index is 0.372.